The van der Waals surface area contributed by atoms with E-state index in [2.05, 4.69) is 10.1 Å². The Balaban J connectivity index is 2.39. The molecule has 2 aromatic heterocycles. The SMILES string of the molecule is COc1ccccc1-n1c(N)nc2c(C)nn(C)c21. The van der Waals surface area contributed by atoms with Gasteiger partial charge in [0.1, 0.15) is 11.3 Å². The normalized spacial score (nSPS) is 11.1. The van der Waals surface area contributed by atoms with E-state index >= 15 is 0 Å². The fraction of sp³-hybridized carbons (Fsp3) is 0.231. The summed E-state index contributed by atoms with van der Waals surface area (Å²) in [7, 11) is 3.51. The smallest absolute Gasteiger partial charge is 0.207 e. The van der Waals surface area contributed by atoms with Crippen molar-refractivity contribution in [2.45, 2.75) is 6.92 Å². The van der Waals surface area contributed by atoms with E-state index in [4.69, 9.17) is 10.5 Å². The van der Waals surface area contributed by atoms with Gasteiger partial charge in [-0.3, -0.25) is 4.57 Å². The molecule has 0 aliphatic rings. The van der Waals surface area contributed by atoms with Crippen LogP contribution in [0.25, 0.3) is 16.9 Å². The minimum atomic E-state index is 0.426. The predicted molar refractivity (Wildman–Crippen MR) is 73.5 cm³/mol. The largest absolute Gasteiger partial charge is 0.495 e. The Hall–Kier alpha value is -2.50. The first-order valence-corrected chi connectivity index (χ1v) is 5.94. The van der Waals surface area contributed by atoms with Gasteiger partial charge in [-0.05, 0) is 19.1 Å². The number of ether oxygens (including phenoxy) is 1. The van der Waals surface area contributed by atoms with Crippen LogP contribution in [0, 0.1) is 6.92 Å². The lowest BCUT2D eigenvalue weighted by molar-refractivity contribution is 0.413. The molecule has 0 saturated heterocycles. The highest BCUT2D eigenvalue weighted by molar-refractivity contribution is 5.80. The fourth-order valence-electron chi connectivity index (χ4n) is 2.34. The number of nitrogen functional groups attached to an aromatic ring is 1. The molecule has 0 spiro atoms. The summed E-state index contributed by atoms with van der Waals surface area (Å²) >= 11 is 0. The number of fused-ring (bicyclic) bond motifs is 1. The predicted octanol–water partition coefficient (Wildman–Crippen LogP) is 1.66. The molecule has 0 radical (unpaired) electrons. The summed E-state index contributed by atoms with van der Waals surface area (Å²) < 4.78 is 9.02. The summed E-state index contributed by atoms with van der Waals surface area (Å²) in [5.41, 5.74) is 9.43. The van der Waals surface area contributed by atoms with Crippen molar-refractivity contribution in [3.05, 3.63) is 30.0 Å². The molecule has 0 amide bonds. The number of anilines is 1. The first kappa shape index (κ1) is 11.6. The van der Waals surface area contributed by atoms with Crippen LogP contribution in [-0.2, 0) is 7.05 Å². The molecule has 0 bridgehead atoms. The maximum atomic E-state index is 6.05. The number of nitrogens with two attached hydrogens (primary N) is 1. The molecule has 0 saturated carbocycles. The molecule has 2 heterocycles. The maximum Gasteiger partial charge on any atom is 0.207 e. The van der Waals surface area contributed by atoms with Gasteiger partial charge in [-0.15, -0.1) is 0 Å². The Morgan fingerprint density at radius 1 is 1.26 bits per heavy atom. The third kappa shape index (κ3) is 1.56. The fourth-order valence-corrected chi connectivity index (χ4v) is 2.34. The molecule has 0 aliphatic heterocycles. The van der Waals surface area contributed by atoms with Crippen LogP contribution in [0.1, 0.15) is 5.69 Å². The summed E-state index contributed by atoms with van der Waals surface area (Å²) in [6.07, 6.45) is 0. The van der Waals surface area contributed by atoms with Crippen molar-refractivity contribution in [2.24, 2.45) is 7.05 Å². The van der Waals surface area contributed by atoms with Crippen LogP contribution in [0.5, 0.6) is 5.75 Å². The van der Waals surface area contributed by atoms with Crippen LogP contribution in [0.15, 0.2) is 24.3 Å². The Kier molecular flexibility index (Phi) is 2.45. The van der Waals surface area contributed by atoms with Gasteiger partial charge in [0.15, 0.2) is 5.65 Å². The highest BCUT2D eigenvalue weighted by Gasteiger charge is 2.18. The van der Waals surface area contributed by atoms with Gasteiger partial charge in [0, 0.05) is 7.05 Å². The molecule has 2 N–H and O–H groups in total. The van der Waals surface area contributed by atoms with Crippen molar-refractivity contribution in [1.82, 2.24) is 19.3 Å². The number of methoxy groups -OCH3 is 1. The average molecular weight is 257 g/mol. The molecule has 0 fully saturated rings. The Labute approximate surface area is 110 Å². The Morgan fingerprint density at radius 2 is 2.00 bits per heavy atom. The molecule has 0 atom stereocenters. The average Bonchev–Trinajstić information content (AvgIpc) is 2.88. The molecule has 0 aliphatic carbocycles. The third-order valence-electron chi connectivity index (χ3n) is 3.15. The van der Waals surface area contributed by atoms with E-state index in [1.807, 2.05) is 42.8 Å². The minimum absolute atomic E-state index is 0.426. The molecule has 6 heteroatoms. The zero-order valence-electron chi connectivity index (χ0n) is 11.1. The summed E-state index contributed by atoms with van der Waals surface area (Å²) in [6.45, 7) is 1.92. The second-order valence-corrected chi connectivity index (χ2v) is 4.36. The number of hydrogen-bond donors (Lipinski definition) is 1. The van der Waals surface area contributed by atoms with E-state index in [9.17, 15) is 0 Å². The highest BCUT2D eigenvalue weighted by Crippen LogP contribution is 2.29. The molecule has 1 aromatic carbocycles. The first-order chi connectivity index (χ1) is 9.13. The lowest BCUT2D eigenvalue weighted by Crippen LogP contribution is -2.06. The van der Waals surface area contributed by atoms with Gasteiger partial charge in [-0.25, -0.2) is 9.67 Å². The van der Waals surface area contributed by atoms with Gasteiger partial charge < -0.3 is 10.5 Å². The molecule has 3 aromatic rings. The lowest BCUT2D eigenvalue weighted by Gasteiger charge is -2.11. The summed E-state index contributed by atoms with van der Waals surface area (Å²) in [5.74, 6) is 1.17. The van der Waals surface area contributed by atoms with Crippen LogP contribution in [0.4, 0.5) is 5.95 Å². The Morgan fingerprint density at radius 3 is 2.74 bits per heavy atom. The number of benzene rings is 1. The van der Waals surface area contributed by atoms with Gasteiger partial charge in [-0.1, -0.05) is 12.1 Å². The molecule has 98 valence electrons. The van der Waals surface area contributed by atoms with E-state index in [-0.39, 0.29) is 0 Å². The van der Waals surface area contributed by atoms with Crippen molar-refractivity contribution in [3.8, 4) is 11.4 Å². The topological polar surface area (TPSA) is 70.9 Å². The van der Waals surface area contributed by atoms with Crippen LogP contribution in [0.2, 0.25) is 0 Å². The van der Waals surface area contributed by atoms with Crippen LogP contribution in [-0.4, -0.2) is 26.4 Å². The van der Waals surface area contributed by atoms with Crippen molar-refractivity contribution in [1.29, 1.82) is 0 Å². The zero-order chi connectivity index (χ0) is 13.6. The van der Waals surface area contributed by atoms with Gasteiger partial charge in [0.2, 0.25) is 5.95 Å². The lowest BCUT2D eigenvalue weighted by atomic mass is 10.3. The van der Waals surface area contributed by atoms with Crippen molar-refractivity contribution in [3.63, 3.8) is 0 Å². The summed E-state index contributed by atoms with van der Waals surface area (Å²) in [5, 5.41) is 4.37. The van der Waals surface area contributed by atoms with E-state index < -0.39 is 0 Å². The van der Waals surface area contributed by atoms with Crippen LogP contribution >= 0.6 is 0 Å². The molecular formula is C13H15N5O. The number of hydrogen-bond acceptors (Lipinski definition) is 4. The Bertz CT molecular complexity index is 756. The number of aryl methyl sites for hydroxylation is 2. The second-order valence-electron chi connectivity index (χ2n) is 4.36. The van der Waals surface area contributed by atoms with E-state index in [0.717, 1.165) is 28.3 Å². The molecule has 19 heavy (non-hydrogen) atoms. The quantitative estimate of drug-likeness (QED) is 0.758. The summed E-state index contributed by atoms with van der Waals surface area (Å²) in [6, 6.07) is 7.69. The van der Waals surface area contributed by atoms with Gasteiger partial charge in [0.05, 0.1) is 18.5 Å². The monoisotopic (exact) mass is 257 g/mol. The van der Waals surface area contributed by atoms with Gasteiger partial charge in [0.25, 0.3) is 0 Å². The molecule has 0 unspecified atom stereocenters. The molecule has 6 nitrogen and oxygen atoms in total. The van der Waals surface area contributed by atoms with Crippen molar-refractivity contribution < 1.29 is 4.74 Å². The standard InChI is InChI=1S/C13H15N5O/c1-8-11-12(17(2)16-8)18(13(14)15-11)9-6-4-5-7-10(9)19-3/h4-7H,1-3H3,(H2,14,15). The second kappa shape index (κ2) is 4.01. The van der Waals surface area contributed by atoms with Crippen molar-refractivity contribution in [2.75, 3.05) is 12.8 Å². The number of imidazole rings is 1. The minimum Gasteiger partial charge on any atom is -0.495 e. The van der Waals surface area contributed by atoms with E-state index in [1.54, 1.807) is 11.8 Å². The van der Waals surface area contributed by atoms with Gasteiger partial charge >= 0.3 is 0 Å². The number of aromatic nitrogens is 4. The highest BCUT2D eigenvalue weighted by atomic mass is 16.5. The first-order valence-electron chi connectivity index (χ1n) is 5.94. The number of nitrogens with zero attached hydrogens (tertiary/aromatic N) is 4. The van der Waals surface area contributed by atoms with Gasteiger partial charge in [-0.2, -0.15) is 5.10 Å². The zero-order valence-corrected chi connectivity index (χ0v) is 11.1. The summed E-state index contributed by atoms with van der Waals surface area (Å²) in [4.78, 5) is 4.39. The maximum absolute atomic E-state index is 6.05. The van der Waals surface area contributed by atoms with E-state index in [1.165, 1.54) is 0 Å². The van der Waals surface area contributed by atoms with Crippen molar-refractivity contribution >= 4 is 17.1 Å². The van der Waals surface area contributed by atoms with E-state index in [0.29, 0.717) is 5.95 Å². The third-order valence-corrected chi connectivity index (χ3v) is 3.15. The number of para-hydroxylation sites is 2. The van der Waals surface area contributed by atoms with Crippen LogP contribution < -0.4 is 10.5 Å². The van der Waals surface area contributed by atoms with Crippen LogP contribution in [0.3, 0.4) is 0 Å². The molecular weight excluding hydrogens is 242 g/mol. The molecule has 3 rings (SSSR count). The number of rotatable bonds is 2.